The zero-order valence-electron chi connectivity index (χ0n) is 41.6. The van der Waals surface area contributed by atoms with Crippen LogP contribution in [0.5, 0.6) is 0 Å². The van der Waals surface area contributed by atoms with Gasteiger partial charge < -0.3 is 0 Å². The molecule has 346 valence electrons. The van der Waals surface area contributed by atoms with E-state index in [0.717, 1.165) is 0 Å². The summed E-state index contributed by atoms with van der Waals surface area (Å²) in [5, 5.41) is 25.6. The smallest absolute Gasteiger partial charge is 0.0624 e. The number of rotatable bonds is 12. The summed E-state index contributed by atoms with van der Waals surface area (Å²) in [5.74, 6) is 0. The van der Waals surface area contributed by atoms with Gasteiger partial charge in [-0.2, -0.15) is 0 Å². The van der Waals surface area contributed by atoms with Gasteiger partial charge in [0.2, 0.25) is 0 Å². The van der Waals surface area contributed by atoms with Gasteiger partial charge in [0.25, 0.3) is 0 Å². The Balaban J connectivity index is 1.34. The van der Waals surface area contributed by atoms with Gasteiger partial charge in [-0.25, -0.2) is 0 Å². The van der Waals surface area contributed by atoms with Gasteiger partial charge in [0, 0.05) is 0 Å². The van der Waals surface area contributed by atoms with Crippen molar-refractivity contribution in [3.63, 3.8) is 0 Å². The highest BCUT2D eigenvalue weighted by Crippen LogP contribution is 2.36. The molecule has 0 aliphatic carbocycles. The maximum absolute atomic E-state index is 2.75. The van der Waals surface area contributed by atoms with Crippen molar-refractivity contribution in [2.45, 2.75) is 26.2 Å². The predicted molar refractivity (Wildman–Crippen MR) is 324 cm³/mol. The molecule has 0 nitrogen and oxygen atoms in total. The number of hydrogen-bond acceptors (Lipinski definition) is 0. The summed E-state index contributed by atoms with van der Waals surface area (Å²) in [6.45, 7) is 10.5. The van der Waals surface area contributed by atoms with E-state index in [1.165, 1.54) is 94.6 Å². The molecule has 0 spiro atoms. The van der Waals surface area contributed by atoms with Gasteiger partial charge in [0.1, 0.15) is 32.3 Å². The maximum atomic E-state index is 2.74. The summed E-state index contributed by atoms with van der Waals surface area (Å²) in [4.78, 5) is 0. The predicted octanol–water partition coefficient (Wildman–Crippen LogP) is 8.98. The van der Waals surface area contributed by atoms with E-state index < -0.39 is 32.3 Å². The van der Waals surface area contributed by atoms with E-state index >= 15 is 0 Å². The minimum absolute atomic E-state index is 1.37. The average Bonchev–Trinajstić information content (AvgIpc) is 3.47. The Kier molecular flexibility index (Phi) is 11.6. The maximum Gasteiger partial charge on any atom is 0.146 e. The minimum Gasteiger partial charge on any atom is -0.0624 e. The highest BCUT2D eigenvalue weighted by atomic mass is 28.3. The molecule has 0 heterocycles. The fourth-order valence-electron chi connectivity index (χ4n) is 12.7. The van der Waals surface area contributed by atoms with Crippen molar-refractivity contribution < 1.29 is 0 Å². The van der Waals surface area contributed by atoms with Crippen LogP contribution < -0.4 is 62.2 Å². The van der Waals surface area contributed by atoms with Crippen LogP contribution in [0.15, 0.2) is 279 Å². The Hall–Kier alpha value is -7.45. The molecule has 12 rings (SSSR count). The lowest BCUT2D eigenvalue weighted by atomic mass is 9.94. The summed E-state index contributed by atoms with van der Waals surface area (Å²) in [7, 11) is -11.0. The van der Waals surface area contributed by atoms with Crippen LogP contribution in [0.1, 0.15) is 0 Å². The molecule has 0 amide bonds. The second kappa shape index (κ2) is 18.3. The number of benzene rings is 12. The highest BCUT2D eigenvalue weighted by molar-refractivity contribution is 7.16. The van der Waals surface area contributed by atoms with Crippen LogP contribution in [0.25, 0.3) is 32.3 Å². The van der Waals surface area contributed by atoms with E-state index in [4.69, 9.17) is 0 Å². The lowest BCUT2D eigenvalue weighted by Crippen LogP contribution is -2.69. The third kappa shape index (κ3) is 7.11. The monoisotopic (exact) mass is 986 g/mol. The Morgan fingerprint density at radius 2 is 0.319 bits per heavy atom. The van der Waals surface area contributed by atoms with E-state index in [9.17, 15) is 0 Å². The van der Waals surface area contributed by atoms with Crippen LogP contribution in [-0.2, 0) is 0 Å². The van der Waals surface area contributed by atoms with Crippen LogP contribution in [0.4, 0.5) is 0 Å². The van der Waals surface area contributed by atoms with Crippen molar-refractivity contribution in [1.29, 1.82) is 0 Å². The normalized spacial score (nSPS) is 12.4. The van der Waals surface area contributed by atoms with E-state index in [2.05, 4.69) is 305 Å². The van der Waals surface area contributed by atoms with Crippen LogP contribution in [0, 0.1) is 0 Å². The molecule has 72 heavy (non-hydrogen) atoms. The summed E-state index contributed by atoms with van der Waals surface area (Å²) in [6.07, 6.45) is 0. The molecular weight excluding hydrogens is 929 g/mol. The fourth-order valence-corrected chi connectivity index (χ4v) is 28.4. The second-order valence-electron chi connectivity index (χ2n) is 20.4. The molecule has 0 N–H and O–H groups in total. The zero-order valence-corrected chi connectivity index (χ0v) is 45.6. The first kappa shape index (κ1) is 45.7. The van der Waals surface area contributed by atoms with Crippen molar-refractivity contribution >= 4 is 127 Å². The third-order valence-corrected chi connectivity index (χ3v) is 34.7. The Morgan fingerprint density at radius 3 is 0.458 bits per heavy atom. The van der Waals surface area contributed by atoms with Crippen molar-refractivity contribution in [1.82, 2.24) is 0 Å². The first-order valence-electron chi connectivity index (χ1n) is 25.5. The summed E-state index contributed by atoms with van der Waals surface area (Å²) >= 11 is 0. The molecule has 0 aliphatic heterocycles. The van der Waals surface area contributed by atoms with Gasteiger partial charge in [0.05, 0.1) is 0 Å². The van der Waals surface area contributed by atoms with Gasteiger partial charge in [-0.1, -0.05) is 305 Å². The van der Waals surface area contributed by atoms with Gasteiger partial charge >= 0.3 is 0 Å². The van der Waals surface area contributed by atoms with Crippen LogP contribution in [0.3, 0.4) is 0 Å². The molecule has 0 bridgehead atoms. The summed E-state index contributed by atoms with van der Waals surface area (Å²) in [6, 6.07) is 108. The van der Waals surface area contributed by atoms with Gasteiger partial charge in [-0.05, 0) is 94.6 Å². The lowest BCUT2D eigenvalue weighted by molar-refractivity contribution is 1.67. The first-order chi connectivity index (χ1) is 35.3. The topological polar surface area (TPSA) is 0 Å². The molecule has 0 aliphatic rings. The van der Waals surface area contributed by atoms with E-state index in [1.54, 1.807) is 0 Å². The second-order valence-corrected chi connectivity index (χ2v) is 36.2. The highest BCUT2D eigenvalue weighted by Gasteiger charge is 2.44. The van der Waals surface area contributed by atoms with Crippen molar-refractivity contribution in [2.75, 3.05) is 0 Å². The van der Waals surface area contributed by atoms with Crippen molar-refractivity contribution in [3.8, 4) is 0 Å². The Bertz CT molecular complexity index is 3150. The standard InChI is InChI=1S/C68H58Si4/c1-69(51-29-13-5-14-30-51,52-31-15-6-16-32-52)63-49-64(70(2,53-33-17-7-18-34-53)54-35-19-8-20-36-54)60-47-48-62-66(72(4,57-41-25-11-26-42-57)58-43-27-12-28-44-58)50-65(61-46-45-59(63)67(60)68(61)62)71(3,55-37-21-9-22-38-55)56-39-23-10-24-40-56/h5-50H,1-4H3. The van der Waals surface area contributed by atoms with Gasteiger partial charge in [0.15, 0.2) is 0 Å². The Labute approximate surface area is 429 Å². The van der Waals surface area contributed by atoms with Crippen molar-refractivity contribution in [2.24, 2.45) is 0 Å². The van der Waals surface area contributed by atoms with Gasteiger partial charge in [-0.15, -0.1) is 0 Å². The molecule has 0 saturated carbocycles. The lowest BCUT2D eigenvalue weighted by Gasteiger charge is -2.38. The Morgan fingerprint density at radius 1 is 0.181 bits per heavy atom. The number of hydrogen-bond donors (Lipinski definition) is 0. The molecule has 0 atom stereocenters. The molecule has 0 aromatic heterocycles. The minimum atomic E-state index is -2.75. The molecule has 4 heteroatoms. The zero-order chi connectivity index (χ0) is 48.9. The van der Waals surface area contributed by atoms with Crippen LogP contribution >= 0.6 is 0 Å². The molecule has 0 radical (unpaired) electrons. The summed E-state index contributed by atoms with van der Waals surface area (Å²) < 4.78 is 0. The summed E-state index contributed by atoms with van der Waals surface area (Å²) in [5.41, 5.74) is 0. The van der Waals surface area contributed by atoms with E-state index in [-0.39, 0.29) is 0 Å². The van der Waals surface area contributed by atoms with E-state index in [0.29, 0.717) is 0 Å². The fraction of sp³-hybridized carbons (Fsp3) is 0.0588. The van der Waals surface area contributed by atoms with Crippen molar-refractivity contribution in [3.05, 3.63) is 279 Å². The first-order valence-corrected chi connectivity index (χ1v) is 35.5. The molecule has 12 aromatic rings. The van der Waals surface area contributed by atoms with E-state index in [1.807, 2.05) is 0 Å². The SMILES string of the molecule is C[Si](c1ccccc1)(c1ccccc1)c1cc([Si](C)(c2ccccc2)c2ccccc2)c2ccc3c([Si](C)(c4ccccc4)c4ccccc4)cc([Si](C)(c4ccccc4)c4ccccc4)c4ccc1c2c43. The molecular formula is C68H58Si4. The quantitative estimate of drug-likeness (QED) is 0.0652. The van der Waals surface area contributed by atoms with Crippen LogP contribution in [-0.4, -0.2) is 32.3 Å². The molecule has 0 fully saturated rings. The van der Waals surface area contributed by atoms with Gasteiger partial charge in [-0.3, -0.25) is 0 Å². The average molecular weight is 988 g/mol. The largest absolute Gasteiger partial charge is 0.146 e. The molecule has 12 aromatic carbocycles. The molecule has 0 unspecified atom stereocenters. The molecule has 0 saturated heterocycles. The van der Waals surface area contributed by atoms with Crippen LogP contribution in [0.2, 0.25) is 26.2 Å². The third-order valence-electron chi connectivity index (χ3n) is 16.9.